The van der Waals surface area contributed by atoms with Crippen molar-refractivity contribution in [2.24, 2.45) is 0 Å². The van der Waals surface area contributed by atoms with E-state index in [0.29, 0.717) is 0 Å². The Morgan fingerprint density at radius 3 is 3.10 bits per heavy atom. The molecule has 10 heavy (non-hydrogen) atoms. The van der Waals surface area contributed by atoms with Gasteiger partial charge in [0.05, 0.1) is 11.2 Å². The summed E-state index contributed by atoms with van der Waals surface area (Å²) in [5.74, 6) is 0. The molecule has 0 atom stereocenters. The molecule has 2 heteroatoms. The second-order valence-corrected chi connectivity index (χ2v) is 2.98. The average Bonchev–Trinajstić information content (AvgIpc) is 2.60. The molecule has 0 saturated heterocycles. The third-order valence-electron chi connectivity index (χ3n) is 1.94. The molecule has 2 aliphatic rings. The zero-order valence-electron chi connectivity index (χ0n) is 5.13. The molecule has 0 aliphatic carbocycles. The van der Waals surface area contributed by atoms with Gasteiger partial charge in [-0.2, -0.15) is 0 Å². The minimum absolute atomic E-state index is 0.825. The van der Waals surface area contributed by atoms with Crippen LogP contribution in [0.3, 0.4) is 0 Å². The van der Waals surface area contributed by atoms with E-state index in [4.69, 9.17) is 11.6 Å². The molecule has 0 unspecified atom stereocenters. The summed E-state index contributed by atoms with van der Waals surface area (Å²) in [6.07, 6.45) is 2.11. The van der Waals surface area contributed by atoms with E-state index in [9.17, 15) is 0 Å². The second kappa shape index (κ2) is 1.23. The Morgan fingerprint density at radius 2 is 2.20 bits per heavy atom. The highest BCUT2D eigenvalue weighted by atomic mass is 35.5. The van der Waals surface area contributed by atoms with Crippen LogP contribution in [0.1, 0.15) is 0 Å². The van der Waals surface area contributed by atoms with E-state index < -0.39 is 0 Å². The monoisotopic (exact) mass is 149 g/mol. The molecule has 3 rings (SSSR count). The second-order valence-electron chi connectivity index (χ2n) is 2.55. The molecule has 0 aromatic heterocycles. The van der Waals surface area contributed by atoms with Crippen molar-refractivity contribution < 1.29 is 0 Å². The van der Waals surface area contributed by atoms with E-state index in [1.54, 1.807) is 0 Å². The van der Waals surface area contributed by atoms with Crippen LogP contribution in [0.25, 0.3) is 16.6 Å². The number of fused-ring (bicyclic) bond motifs is 4. The van der Waals surface area contributed by atoms with Gasteiger partial charge in [-0.1, -0.05) is 11.6 Å². The standard InChI is InChI=1S/C8H4ClN/c9-5-1-2-7-6(3-5)8-4-10(7)8/h1-4H. The lowest BCUT2D eigenvalue weighted by Crippen LogP contribution is -1.86. The lowest BCUT2D eigenvalue weighted by molar-refractivity contribution is 1.30. The summed E-state index contributed by atoms with van der Waals surface area (Å²) in [7, 11) is 0. The SMILES string of the molecule is Clc1ccc2c(c1)c1cn2-1. The fourth-order valence-corrected chi connectivity index (χ4v) is 1.53. The molecule has 1 aromatic carbocycles. The maximum Gasteiger partial charge on any atom is 0.0717 e. The molecule has 0 N–H and O–H groups in total. The molecule has 0 bridgehead atoms. The summed E-state index contributed by atoms with van der Waals surface area (Å²) in [6, 6.07) is 5.97. The lowest BCUT2D eigenvalue weighted by Gasteiger charge is -2.03. The van der Waals surface area contributed by atoms with Crippen molar-refractivity contribution in [2.45, 2.75) is 0 Å². The van der Waals surface area contributed by atoms with E-state index in [1.165, 1.54) is 16.6 Å². The maximum absolute atomic E-state index is 5.79. The van der Waals surface area contributed by atoms with Crippen molar-refractivity contribution in [3.63, 3.8) is 0 Å². The Morgan fingerprint density at radius 1 is 1.30 bits per heavy atom. The number of hydrogen-bond acceptors (Lipinski definition) is 0. The van der Waals surface area contributed by atoms with Crippen molar-refractivity contribution in [2.75, 3.05) is 0 Å². The van der Waals surface area contributed by atoms with E-state index in [-0.39, 0.29) is 0 Å². The fourth-order valence-electron chi connectivity index (χ4n) is 1.36. The van der Waals surface area contributed by atoms with Crippen LogP contribution >= 0.6 is 11.6 Å². The highest BCUT2D eigenvalue weighted by Crippen LogP contribution is 2.39. The molecule has 0 amide bonds. The third kappa shape index (κ3) is 0.380. The van der Waals surface area contributed by atoms with Gasteiger partial charge in [0.2, 0.25) is 0 Å². The first-order valence-corrected chi connectivity index (χ1v) is 3.55. The summed E-state index contributed by atoms with van der Waals surface area (Å²) in [5, 5.41) is 2.12. The lowest BCUT2D eigenvalue weighted by atomic mass is 10.2. The molecule has 2 heterocycles. The smallest absolute Gasteiger partial charge is 0.0717 e. The number of benzene rings is 1. The Hall–Kier alpha value is -0.950. The van der Waals surface area contributed by atoms with Crippen LogP contribution in [0.4, 0.5) is 0 Å². The van der Waals surface area contributed by atoms with Gasteiger partial charge in [-0.25, -0.2) is 0 Å². The topological polar surface area (TPSA) is 4.93 Å². The van der Waals surface area contributed by atoms with E-state index in [1.807, 2.05) is 18.2 Å². The van der Waals surface area contributed by atoms with Crippen LogP contribution in [0.15, 0.2) is 24.4 Å². The van der Waals surface area contributed by atoms with E-state index >= 15 is 0 Å². The summed E-state index contributed by atoms with van der Waals surface area (Å²) >= 11 is 5.79. The quantitative estimate of drug-likeness (QED) is 0.463. The number of hydrogen-bond donors (Lipinski definition) is 0. The van der Waals surface area contributed by atoms with Crippen molar-refractivity contribution in [3.05, 3.63) is 29.4 Å². The number of rotatable bonds is 0. The Bertz CT molecular complexity index is 428. The minimum atomic E-state index is 0.825. The molecular weight excluding hydrogens is 146 g/mol. The molecule has 0 radical (unpaired) electrons. The van der Waals surface area contributed by atoms with Crippen LogP contribution in [0.5, 0.6) is 0 Å². The first kappa shape index (κ1) is 4.80. The zero-order valence-corrected chi connectivity index (χ0v) is 5.89. The van der Waals surface area contributed by atoms with Gasteiger partial charge in [0.25, 0.3) is 0 Å². The van der Waals surface area contributed by atoms with Gasteiger partial charge in [0.15, 0.2) is 0 Å². The molecule has 2 aliphatic heterocycles. The van der Waals surface area contributed by atoms with Crippen LogP contribution in [-0.2, 0) is 0 Å². The summed E-state index contributed by atoms with van der Waals surface area (Å²) in [4.78, 5) is 0. The van der Waals surface area contributed by atoms with Gasteiger partial charge < -0.3 is 4.57 Å². The minimum Gasteiger partial charge on any atom is -0.312 e. The van der Waals surface area contributed by atoms with Crippen LogP contribution < -0.4 is 0 Å². The highest BCUT2D eigenvalue weighted by molar-refractivity contribution is 6.31. The fraction of sp³-hybridized carbons (Fsp3) is 0. The zero-order chi connectivity index (χ0) is 6.72. The van der Waals surface area contributed by atoms with E-state index in [0.717, 1.165) is 5.02 Å². The molecular formula is C8H4ClN. The molecule has 48 valence electrons. The van der Waals surface area contributed by atoms with Crippen LogP contribution in [-0.4, -0.2) is 4.57 Å². The predicted octanol–water partition coefficient (Wildman–Crippen LogP) is 2.60. The van der Waals surface area contributed by atoms with Crippen molar-refractivity contribution >= 4 is 22.5 Å². The Labute approximate surface area is 62.8 Å². The summed E-state index contributed by atoms with van der Waals surface area (Å²) in [5.41, 5.74) is 2.62. The highest BCUT2D eigenvalue weighted by Gasteiger charge is 2.21. The largest absolute Gasteiger partial charge is 0.312 e. The van der Waals surface area contributed by atoms with Gasteiger partial charge in [-0.3, -0.25) is 0 Å². The first-order chi connectivity index (χ1) is 4.86. The number of halogens is 1. The van der Waals surface area contributed by atoms with Crippen LogP contribution in [0.2, 0.25) is 5.02 Å². The average molecular weight is 150 g/mol. The summed E-state index contributed by atoms with van der Waals surface area (Å²) < 4.78 is 2.16. The Kier molecular flexibility index (Phi) is 0.590. The predicted molar refractivity (Wildman–Crippen MR) is 41.8 cm³/mol. The molecule has 1 nitrogen and oxygen atoms in total. The third-order valence-corrected chi connectivity index (χ3v) is 2.17. The molecule has 0 spiro atoms. The van der Waals surface area contributed by atoms with Crippen LogP contribution in [0, 0.1) is 0 Å². The molecule has 0 saturated carbocycles. The number of aromatic nitrogens is 1. The van der Waals surface area contributed by atoms with Gasteiger partial charge >= 0.3 is 0 Å². The number of nitrogens with zero attached hydrogens (tertiary/aromatic N) is 1. The van der Waals surface area contributed by atoms with E-state index in [2.05, 4.69) is 10.8 Å². The van der Waals surface area contributed by atoms with Crippen molar-refractivity contribution in [1.82, 2.24) is 4.57 Å². The van der Waals surface area contributed by atoms with Gasteiger partial charge in [-0.15, -0.1) is 0 Å². The van der Waals surface area contributed by atoms with Crippen molar-refractivity contribution in [3.8, 4) is 5.69 Å². The normalized spacial score (nSPS) is 12.5. The van der Waals surface area contributed by atoms with Gasteiger partial charge in [-0.05, 0) is 18.2 Å². The van der Waals surface area contributed by atoms with Crippen molar-refractivity contribution in [1.29, 1.82) is 0 Å². The molecule has 1 aromatic rings. The summed E-state index contributed by atoms with van der Waals surface area (Å²) in [6.45, 7) is 0. The molecule has 0 fully saturated rings. The Balaban J connectivity index is 2.55. The van der Waals surface area contributed by atoms with Gasteiger partial charge in [0.1, 0.15) is 0 Å². The first-order valence-electron chi connectivity index (χ1n) is 3.17. The maximum atomic E-state index is 5.79. The van der Waals surface area contributed by atoms with Gasteiger partial charge in [0, 0.05) is 16.6 Å².